The molecule has 1 saturated carbocycles. The zero-order chi connectivity index (χ0) is 15.8. The van der Waals surface area contributed by atoms with Crippen LogP contribution < -0.4 is 5.32 Å². The summed E-state index contributed by atoms with van der Waals surface area (Å²) in [7, 11) is 0. The molecule has 1 amide bonds. The molecule has 0 saturated heterocycles. The first-order valence-corrected chi connectivity index (χ1v) is 9.08. The molecule has 0 bridgehead atoms. The van der Waals surface area contributed by atoms with Gasteiger partial charge in [-0.1, -0.05) is 18.6 Å². The summed E-state index contributed by atoms with van der Waals surface area (Å²) in [5.74, 6) is 1.69. The van der Waals surface area contributed by atoms with E-state index < -0.39 is 0 Å². The van der Waals surface area contributed by atoms with Crippen LogP contribution in [-0.2, 0) is 10.5 Å². The number of halogens is 1. The molecule has 1 aromatic carbocycles. The molecule has 5 heteroatoms. The monoisotopic (exact) mass is 325 g/mol. The fourth-order valence-corrected chi connectivity index (χ4v) is 3.62. The lowest BCUT2D eigenvalue weighted by Gasteiger charge is -2.24. The second kappa shape index (κ2) is 9.16. The van der Waals surface area contributed by atoms with Crippen LogP contribution in [0.15, 0.2) is 24.3 Å². The number of hydrogen-bond acceptors (Lipinski definition) is 3. The summed E-state index contributed by atoms with van der Waals surface area (Å²) in [5, 5.41) is 12.6. The van der Waals surface area contributed by atoms with E-state index in [0.29, 0.717) is 13.0 Å². The fourth-order valence-electron chi connectivity index (χ4n) is 2.70. The van der Waals surface area contributed by atoms with Gasteiger partial charge in [0.15, 0.2) is 0 Å². The minimum absolute atomic E-state index is 0.0179. The second-order valence-corrected chi connectivity index (χ2v) is 6.95. The second-order valence-electron chi connectivity index (χ2n) is 5.84. The number of aliphatic hydroxyl groups is 1. The maximum absolute atomic E-state index is 12.8. The Morgan fingerprint density at radius 3 is 2.82 bits per heavy atom. The lowest BCUT2D eigenvalue weighted by Crippen LogP contribution is -2.35. The van der Waals surface area contributed by atoms with Gasteiger partial charge in [-0.2, -0.15) is 11.8 Å². The summed E-state index contributed by atoms with van der Waals surface area (Å²) in [4.78, 5) is 12.0. The van der Waals surface area contributed by atoms with E-state index in [0.717, 1.165) is 42.8 Å². The largest absolute Gasteiger partial charge is 0.393 e. The van der Waals surface area contributed by atoms with Crippen molar-refractivity contribution in [3.8, 4) is 0 Å². The maximum Gasteiger partial charge on any atom is 0.223 e. The molecule has 2 atom stereocenters. The van der Waals surface area contributed by atoms with Crippen molar-refractivity contribution in [2.24, 2.45) is 5.92 Å². The Morgan fingerprint density at radius 2 is 2.09 bits per heavy atom. The Hall–Kier alpha value is -1.07. The topological polar surface area (TPSA) is 49.3 Å². The van der Waals surface area contributed by atoms with Gasteiger partial charge in [0.1, 0.15) is 5.82 Å². The van der Waals surface area contributed by atoms with Gasteiger partial charge in [0.2, 0.25) is 5.91 Å². The summed E-state index contributed by atoms with van der Waals surface area (Å²) in [6.07, 6.45) is 3.87. The summed E-state index contributed by atoms with van der Waals surface area (Å²) in [5.41, 5.74) is 1.12. The van der Waals surface area contributed by atoms with Crippen LogP contribution in [0.5, 0.6) is 0 Å². The van der Waals surface area contributed by atoms with Gasteiger partial charge in [0, 0.05) is 18.2 Å². The Kier molecular flexibility index (Phi) is 7.19. The van der Waals surface area contributed by atoms with E-state index in [4.69, 9.17) is 0 Å². The molecule has 3 nitrogen and oxygen atoms in total. The van der Waals surface area contributed by atoms with Crippen LogP contribution in [0.25, 0.3) is 0 Å². The standard InChI is InChI=1S/C17H24FNO2S/c18-15-7-5-13(6-8-15)12-22-10-2-9-19-17(21)14-3-1-4-16(20)11-14/h5-8,14,16,20H,1-4,9-12H2,(H,19,21)/t14-,16+/m1/s1. The predicted octanol–water partition coefficient (Wildman–Crippen LogP) is 3.12. The molecule has 0 aromatic heterocycles. The lowest BCUT2D eigenvalue weighted by atomic mass is 9.87. The molecule has 122 valence electrons. The third-order valence-corrected chi connectivity index (χ3v) is 5.08. The van der Waals surface area contributed by atoms with Crippen LogP contribution in [0.1, 0.15) is 37.7 Å². The van der Waals surface area contributed by atoms with Crippen LogP contribution in [0.4, 0.5) is 4.39 Å². The number of benzene rings is 1. The number of thioether (sulfide) groups is 1. The van der Waals surface area contributed by atoms with Crippen molar-refractivity contribution in [3.63, 3.8) is 0 Å². The normalized spacial score (nSPS) is 21.5. The third kappa shape index (κ3) is 5.97. The van der Waals surface area contributed by atoms with Crippen LogP contribution in [0, 0.1) is 11.7 Å². The average molecular weight is 325 g/mol. The number of aliphatic hydroxyl groups excluding tert-OH is 1. The molecule has 2 rings (SSSR count). The van der Waals surface area contributed by atoms with Gasteiger partial charge in [-0.15, -0.1) is 0 Å². The van der Waals surface area contributed by atoms with E-state index >= 15 is 0 Å². The predicted molar refractivity (Wildman–Crippen MR) is 88.2 cm³/mol. The van der Waals surface area contributed by atoms with Crippen molar-refractivity contribution < 1.29 is 14.3 Å². The summed E-state index contributed by atoms with van der Waals surface area (Å²) < 4.78 is 12.8. The Labute approximate surface area is 135 Å². The summed E-state index contributed by atoms with van der Waals surface area (Å²) >= 11 is 1.79. The van der Waals surface area contributed by atoms with Crippen molar-refractivity contribution in [3.05, 3.63) is 35.6 Å². The zero-order valence-corrected chi connectivity index (χ0v) is 13.6. The molecule has 0 spiro atoms. The molecule has 1 aliphatic carbocycles. The fraction of sp³-hybridized carbons (Fsp3) is 0.588. The maximum atomic E-state index is 12.8. The molecule has 0 heterocycles. The molecular formula is C17H24FNO2S. The van der Waals surface area contributed by atoms with Gasteiger partial charge in [-0.3, -0.25) is 4.79 Å². The van der Waals surface area contributed by atoms with E-state index in [9.17, 15) is 14.3 Å². The van der Waals surface area contributed by atoms with Crippen LogP contribution in [-0.4, -0.2) is 29.4 Å². The van der Waals surface area contributed by atoms with Gasteiger partial charge in [0.05, 0.1) is 6.10 Å². The summed E-state index contributed by atoms with van der Waals surface area (Å²) in [6, 6.07) is 6.57. The molecule has 1 aliphatic rings. The van der Waals surface area contributed by atoms with Crippen molar-refractivity contribution >= 4 is 17.7 Å². The Bertz CT molecular complexity index is 466. The van der Waals surface area contributed by atoms with E-state index in [1.165, 1.54) is 12.1 Å². The first kappa shape index (κ1) is 17.3. The highest BCUT2D eigenvalue weighted by atomic mass is 32.2. The molecule has 0 aliphatic heterocycles. The van der Waals surface area contributed by atoms with E-state index in [2.05, 4.69) is 5.32 Å². The highest BCUT2D eigenvalue weighted by Gasteiger charge is 2.25. The Morgan fingerprint density at radius 1 is 1.32 bits per heavy atom. The van der Waals surface area contributed by atoms with Gasteiger partial charge < -0.3 is 10.4 Å². The lowest BCUT2D eigenvalue weighted by molar-refractivity contribution is -0.127. The molecule has 0 unspecified atom stereocenters. The molecule has 1 fully saturated rings. The smallest absolute Gasteiger partial charge is 0.223 e. The average Bonchev–Trinajstić information content (AvgIpc) is 2.52. The van der Waals surface area contributed by atoms with Crippen molar-refractivity contribution in [2.75, 3.05) is 12.3 Å². The van der Waals surface area contributed by atoms with E-state index in [1.807, 2.05) is 0 Å². The number of hydrogen-bond donors (Lipinski definition) is 2. The van der Waals surface area contributed by atoms with Crippen molar-refractivity contribution in [1.82, 2.24) is 5.32 Å². The minimum Gasteiger partial charge on any atom is -0.393 e. The zero-order valence-electron chi connectivity index (χ0n) is 12.8. The minimum atomic E-state index is -0.309. The highest BCUT2D eigenvalue weighted by Crippen LogP contribution is 2.24. The third-order valence-electron chi connectivity index (χ3n) is 3.96. The molecule has 0 radical (unpaired) electrons. The number of carbonyl (C=O) groups excluding carboxylic acids is 1. The van der Waals surface area contributed by atoms with Crippen LogP contribution in [0.3, 0.4) is 0 Å². The van der Waals surface area contributed by atoms with E-state index in [1.54, 1.807) is 23.9 Å². The molecule has 22 heavy (non-hydrogen) atoms. The van der Waals surface area contributed by atoms with E-state index in [-0.39, 0.29) is 23.7 Å². The van der Waals surface area contributed by atoms with Crippen molar-refractivity contribution in [2.45, 2.75) is 44.0 Å². The molecule has 1 aromatic rings. The first-order valence-electron chi connectivity index (χ1n) is 7.93. The van der Waals surface area contributed by atoms with Gasteiger partial charge in [-0.25, -0.2) is 4.39 Å². The number of nitrogens with one attached hydrogen (secondary N) is 1. The molecule has 2 N–H and O–H groups in total. The van der Waals surface area contributed by atoms with Gasteiger partial charge >= 0.3 is 0 Å². The summed E-state index contributed by atoms with van der Waals surface area (Å²) in [6.45, 7) is 0.682. The van der Waals surface area contributed by atoms with Crippen molar-refractivity contribution in [1.29, 1.82) is 0 Å². The van der Waals surface area contributed by atoms with Gasteiger partial charge in [-0.05, 0) is 49.1 Å². The van der Waals surface area contributed by atoms with Gasteiger partial charge in [0.25, 0.3) is 0 Å². The number of carbonyl (C=O) groups is 1. The van der Waals surface area contributed by atoms with Crippen LogP contribution in [0.2, 0.25) is 0 Å². The Balaban J connectivity index is 1.53. The highest BCUT2D eigenvalue weighted by molar-refractivity contribution is 7.98. The molecular weight excluding hydrogens is 301 g/mol. The SMILES string of the molecule is O=C(NCCCSCc1ccc(F)cc1)[C@@H]1CCC[C@H](O)C1. The quantitative estimate of drug-likeness (QED) is 0.757. The number of rotatable bonds is 7. The van der Waals surface area contributed by atoms with Crippen LogP contribution >= 0.6 is 11.8 Å². The number of amides is 1. The first-order chi connectivity index (χ1) is 10.6.